The van der Waals surface area contributed by atoms with Crippen LogP contribution in [0.4, 0.5) is 10.1 Å². The molecule has 3 aliphatic rings. The van der Waals surface area contributed by atoms with Gasteiger partial charge in [-0.15, -0.1) is 0 Å². The minimum Gasteiger partial charge on any atom is -0.477 e. The van der Waals surface area contributed by atoms with Gasteiger partial charge in [0.15, 0.2) is 0 Å². The van der Waals surface area contributed by atoms with Crippen LogP contribution in [-0.4, -0.2) is 41.8 Å². The van der Waals surface area contributed by atoms with Crippen LogP contribution in [0.3, 0.4) is 0 Å². The second-order valence-electron chi connectivity index (χ2n) is 8.22. The maximum atomic E-state index is 14.9. The number of hydrogen-bond donors (Lipinski definition) is 2. The number of carboxylic acids is 1. The van der Waals surface area contributed by atoms with E-state index in [0.717, 1.165) is 38.8 Å². The van der Waals surface area contributed by atoms with Gasteiger partial charge in [-0.3, -0.25) is 4.79 Å². The van der Waals surface area contributed by atoms with E-state index in [2.05, 4.69) is 10.2 Å². The molecule has 2 atom stereocenters. The van der Waals surface area contributed by atoms with Crippen molar-refractivity contribution in [2.75, 3.05) is 25.0 Å². The zero-order valence-corrected chi connectivity index (χ0v) is 15.2. The van der Waals surface area contributed by atoms with Crippen molar-refractivity contribution in [1.82, 2.24) is 9.88 Å². The number of hydrogen-bond acceptors (Lipinski definition) is 4. The van der Waals surface area contributed by atoms with Crippen LogP contribution in [0.15, 0.2) is 23.1 Å². The molecule has 0 bridgehead atoms. The van der Waals surface area contributed by atoms with Crippen molar-refractivity contribution in [3.05, 3.63) is 39.9 Å². The number of halogens is 1. The summed E-state index contributed by atoms with van der Waals surface area (Å²) in [7, 11) is 1.97. The van der Waals surface area contributed by atoms with Gasteiger partial charge in [-0.2, -0.15) is 0 Å². The van der Waals surface area contributed by atoms with E-state index in [9.17, 15) is 19.1 Å². The molecule has 2 N–H and O–H groups in total. The highest BCUT2D eigenvalue weighted by molar-refractivity contribution is 5.93. The predicted molar refractivity (Wildman–Crippen MR) is 100 cm³/mol. The van der Waals surface area contributed by atoms with Crippen molar-refractivity contribution >= 4 is 22.6 Å². The first kappa shape index (κ1) is 16.7. The van der Waals surface area contributed by atoms with E-state index in [-0.39, 0.29) is 22.4 Å². The Morgan fingerprint density at radius 2 is 2.15 bits per heavy atom. The van der Waals surface area contributed by atoms with Gasteiger partial charge in [0, 0.05) is 42.2 Å². The molecular formula is C20H22FN3O3. The van der Waals surface area contributed by atoms with Gasteiger partial charge in [0.25, 0.3) is 0 Å². The summed E-state index contributed by atoms with van der Waals surface area (Å²) in [5, 5.41) is 12.8. The van der Waals surface area contributed by atoms with Crippen molar-refractivity contribution in [1.29, 1.82) is 0 Å². The molecule has 1 spiro atoms. The minimum absolute atomic E-state index is 0.150. The summed E-state index contributed by atoms with van der Waals surface area (Å²) in [4.78, 5) is 26.1. The number of rotatable bonds is 4. The molecule has 2 heterocycles. The number of nitrogens with zero attached hydrogens (tertiary/aromatic N) is 2. The molecule has 0 radical (unpaired) electrons. The Hall–Kier alpha value is -2.41. The highest BCUT2D eigenvalue weighted by Crippen LogP contribution is 2.53. The number of nitrogens with one attached hydrogen (secondary N) is 1. The zero-order valence-electron chi connectivity index (χ0n) is 15.2. The summed E-state index contributed by atoms with van der Waals surface area (Å²) in [6.45, 7) is 1.60. The van der Waals surface area contributed by atoms with Gasteiger partial charge in [0.05, 0.1) is 11.2 Å². The molecule has 1 aromatic heterocycles. The molecule has 1 aliphatic heterocycles. The molecule has 2 saturated carbocycles. The Morgan fingerprint density at radius 3 is 2.78 bits per heavy atom. The highest BCUT2D eigenvalue weighted by atomic mass is 19.1. The Bertz CT molecular complexity index is 1030. The van der Waals surface area contributed by atoms with Crippen molar-refractivity contribution in [2.45, 2.75) is 37.8 Å². The van der Waals surface area contributed by atoms with Gasteiger partial charge >= 0.3 is 5.97 Å². The first-order valence-corrected chi connectivity index (χ1v) is 9.47. The summed E-state index contributed by atoms with van der Waals surface area (Å²) >= 11 is 0. The van der Waals surface area contributed by atoms with Crippen LogP contribution in [0.1, 0.15) is 42.1 Å². The lowest BCUT2D eigenvalue weighted by atomic mass is 10.1. The molecule has 1 saturated heterocycles. The van der Waals surface area contributed by atoms with E-state index in [1.165, 1.54) is 12.3 Å². The van der Waals surface area contributed by atoms with Crippen molar-refractivity contribution in [2.24, 2.45) is 5.41 Å². The van der Waals surface area contributed by atoms with Gasteiger partial charge in [-0.05, 0) is 44.9 Å². The van der Waals surface area contributed by atoms with Crippen LogP contribution < -0.4 is 15.6 Å². The highest BCUT2D eigenvalue weighted by Gasteiger charge is 2.56. The second kappa shape index (κ2) is 5.55. The monoisotopic (exact) mass is 371 g/mol. The molecule has 3 fully saturated rings. The normalized spacial score (nSPS) is 26.9. The van der Waals surface area contributed by atoms with Crippen LogP contribution in [0.2, 0.25) is 0 Å². The molecule has 5 rings (SSSR count). The molecule has 1 aromatic carbocycles. The second-order valence-corrected chi connectivity index (χ2v) is 8.22. The Labute approximate surface area is 155 Å². The molecule has 27 heavy (non-hydrogen) atoms. The molecule has 2 aromatic rings. The number of pyridine rings is 1. The van der Waals surface area contributed by atoms with Crippen LogP contribution in [0.5, 0.6) is 0 Å². The molecule has 7 heteroatoms. The van der Waals surface area contributed by atoms with Gasteiger partial charge < -0.3 is 19.9 Å². The summed E-state index contributed by atoms with van der Waals surface area (Å²) in [5.41, 5.74) is 0.468. The standard InChI is InChI=1S/C20H22FN3O3/c1-22-17-8-20(17)4-5-23(10-20)16-7-15-12(6-14(16)21)18(25)13(19(26)27)9-24(15)11-2-3-11/h6-7,9,11,17,22H,2-5,8,10H2,1H3,(H,26,27). The SMILES string of the molecule is CNC1CC12CCN(c1cc3c(cc1F)c(=O)c(C(=O)O)cn3C1CC1)C2. The number of aromatic carboxylic acids is 1. The van der Waals surface area contributed by atoms with Crippen LogP contribution >= 0.6 is 0 Å². The zero-order chi connectivity index (χ0) is 18.9. The quantitative estimate of drug-likeness (QED) is 0.863. The van der Waals surface area contributed by atoms with Crippen LogP contribution in [-0.2, 0) is 0 Å². The van der Waals surface area contributed by atoms with Crippen molar-refractivity contribution < 1.29 is 14.3 Å². The number of benzene rings is 1. The lowest BCUT2D eigenvalue weighted by Crippen LogP contribution is -2.25. The smallest absolute Gasteiger partial charge is 0.341 e. The minimum atomic E-state index is -1.27. The van der Waals surface area contributed by atoms with E-state index in [0.29, 0.717) is 17.2 Å². The molecule has 0 amide bonds. The average Bonchev–Trinajstić information content (AvgIpc) is 3.53. The molecule has 6 nitrogen and oxygen atoms in total. The van der Waals surface area contributed by atoms with E-state index in [1.807, 2.05) is 11.6 Å². The molecule has 2 aliphatic carbocycles. The van der Waals surface area contributed by atoms with Crippen molar-refractivity contribution in [3.63, 3.8) is 0 Å². The lowest BCUT2D eigenvalue weighted by molar-refractivity contribution is 0.0695. The van der Waals surface area contributed by atoms with E-state index in [4.69, 9.17) is 0 Å². The third-order valence-electron chi connectivity index (χ3n) is 6.54. The fourth-order valence-electron chi connectivity index (χ4n) is 4.72. The summed E-state index contributed by atoms with van der Waals surface area (Å²) in [6.07, 6.45) is 5.46. The topological polar surface area (TPSA) is 74.6 Å². The first-order valence-electron chi connectivity index (χ1n) is 9.47. The van der Waals surface area contributed by atoms with Crippen molar-refractivity contribution in [3.8, 4) is 0 Å². The van der Waals surface area contributed by atoms with Gasteiger partial charge in [-0.25, -0.2) is 9.18 Å². The maximum absolute atomic E-state index is 14.9. The summed E-state index contributed by atoms with van der Waals surface area (Å²) in [6, 6.07) is 3.65. The summed E-state index contributed by atoms with van der Waals surface area (Å²) in [5.74, 6) is -1.72. The third kappa shape index (κ3) is 2.48. The van der Waals surface area contributed by atoms with E-state index in [1.54, 1.807) is 6.07 Å². The lowest BCUT2D eigenvalue weighted by Gasteiger charge is -2.21. The molecular weight excluding hydrogens is 349 g/mol. The number of carboxylic acid groups (broad SMARTS) is 1. The molecule has 142 valence electrons. The summed E-state index contributed by atoms with van der Waals surface area (Å²) < 4.78 is 16.8. The maximum Gasteiger partial charge on any atom is 0.341 e. The fraction of sp³-hybridized carbons (Fsp3) is 0.500. The number of aromatic nitrogens is 1. The largest absolute Gasteiger partial charge is 0.477 e. The Balaban J connectivity index is 1.62. The number of carbonyl (C=O) groups is 1. The fourth-order valence-corrected chi connectivity index (χ4v) is 4.72. The molecule has 2 unspecified atom stereocenters. The van der Waals surface area contributed by atoms with Gasteiger partial charge in [0.1, 0.15) is 11.4 Å². The average molecular weight is 371 g/mol. The Kier molecular flexibility index (Phi) is 3.44. The number of anilines is 1. The van der Waals surface area contributed by atoms with Crippen LogP contribution in [0.25, 0.3) is 10.9 Å². The van der Waals surface area contributed by atoms with E-state index < -0.39 is 17.2 Å². The third-order valence-corrected chi connectivity index (χ3v) is 6.54. The van der Waals surface area contributed by atoms with Crippen LogP contribution in [0, 0.1) is 11.2 Å². The Morgan fingerprint density at radius 1 is 1.37 bits per heavy atom. The number of fused-ring (bicyclic) bond motifs is 1. The van der Waals surface area contributed by atoms with Gasteiger partial charge in [0.2, 0.25) is 5.43 Å². The van der Waals surface area contributed by atoms with E-state index >= 15 is 0 Å². The first-order chi connectivity index (χ1) is 12.9. The van der Waals surface area contributed by atoms with Gasteiger partial charge in [-0.1, -0.05) is 0 Å². The predicted octanol–water partition coefficient (Wildman–Crippen LogP) is 2.36.